The van der Waals surface area contributed by atoms with E-state index in [0.29, 0.717) is 17.7 Å². The smallest absolute Gasteiger partial charge is 0.323 e. The van der Waals surface area contributed by atoms with Crippen molar-refractivity contribution in [1.82, 2.24) is 24.6 Å². The van der Waals surface area contributed by atoms with Crippen LogP contribution in [0.4, 0.5) is 5.82 Å². The number of fused-ring (bicyclic) bond motifs is 1. The molecule has 0 aliphatic heterocycles. The van der Waals surface area contributed by atoms with Gasteiger partial charge in [0, 0.05) is 0 Å². The predicted molar refractivity (Wildman–Crippen MR) is 134 cm³/mol. The van der Waals surface area contributed by atoms with Gasteiger partial charge in [-0.1, -0.05) is 24.3 Å². The van der Waals surface area contributed by atoms with Crippen molar-refractivity contribution in [2.45, 2.75) is 45.6 Å². The third kappa shape index (κ3) is 7.56. The highest BCUT2D eigenvalue weighted by molar-refractivity contribution is 7.56. The van der Waals surface area contributed by atoms with Crippen molar-refractivity contribution >= 4 is 36.4 Å². The Labute approximate surface area is 214 Å². The molecule has 14 heteroatoms. The second kappa shape index (κ2) is 12.7. The van der Waals surface area contributed by atoms with Crippen molar-refractivity contribution in [1.29, 1.82) is 0 Å². The molecular formula is C23H31N6O7P. The summed E-state index contributed by atoms with van der Waals surface area (Å²) >= 11 is 0. The van der Waals surface area contributed by atoms with E-state index >= 15 is 0 Å². The first kappa shape index (κ1) is 28.2. The summed E-state index contributed by atoms with van der Waals surface area (Å²) in [6.45, 7) is 3.97. The van der Waals surface area contributed by atoms with Gasteiger partial charge < -0.3 is 29.0 Å². The van der Waals surface area contributed by atoms with E-state index in [1.165, 1.54) is 13.4 Å². The van der Waals surface area contributed by atoms with Crippen LogP contribution in [0, 0.1) is 6.92 Å². The van der Waals surface area contributed by atoms with Gasteiger partial charge in [0.05, 0.1) is 46.2 Å². The Bertz CT molecular complexity index is 1280. The summed E-state index contributed by atoms with van der Waals surface area (Å²) in [4.78, 5) is 36.6. The summed E-state index contributed by atoms with van der Waals surface area (Å²) in [6.07, 6.45) is 1.64. The summed E-state index contributed by atoms with van der Waals surface area (Å²) in [7, 11) is -1.49. The molecule has 1 unspecified atom stereocenters. The Morgan fingerprint density at radius 1 is 1.16 bits per heavy atom. The van der Waals surface area contributed by atoms with Crippen LogP contribution >= 0.6 is 7.52 Å². The number of hydrogen-bond acceptors (Lipinski definition) is 11. The molecule has 0 aliphatic rings. The molecular weight excluding hydrogens is 503 g/mol. The van der Waals surface area contributed by atoms with E-state index in [4.69, 9.17) is 19.7 Å². The molecule has 37 heavy (non-hydrogen) atoms. The Morgan fingerprint density at radius 2 is 1.92 bits per heavy atom. The highest BCUT2D eigenvalue weighted by atomic mass is 31.2. The number of methoxy groups -OCH3 is 2. The molecule has 3 atom stereocenters. The second-order valence-corrected chi connectivity index (χ2v) is 10.4. The number of hydrogen-bond donors (Lipinski definition) is 2. The number of rotatable bonds is 13. The number of nitrogens with zero attached hydrogens (tertiary/aromatic N) is 4. The van der Waals surface area contributed by atoms with E-state index in [0.717, 1.165) is 18.2 Å². The topological polar surface area (TPSA) is 170 Å². The van der Waals surface area contributed by atoms with E-state index < -0.39 is 44.4 Å². The third-order valence-electron chi connectivity index (χ3n) is 5.54. The third-order valence-corrected chi connectivity index (χ3v) is 7.28. The molecule has 0 bridgehead atoms. The zero-order valence-electron chi connectivity index (χ0n) is 21.1. The average molecular weight is 535 g/mol. The van der Waals surface area contributed by atoms with Gasteiger partial charge in [0.1, 0.15) is 24.2 Å². The van der Waals surface area contributed by atoms with Crippen molar-refractivity contribution in [2.75, 3.05) is 26.3 Å². The number of imidazole rings is 1. The van der Waals surface area contributed by atoms with Gasteiger partial charge in [-0.15, -0.1) is 0 Å². The molecule has 0 saturated heterocycles. The van der Waals surface area contributed by atoms with Crippen LogP contribution in [0.25, 0.3) is 11.2 Å². The highest BCUT2D eigenvalue weighted by Crippen LogP contribution is 2.45. The molecule has 2 heterocycles. The number of benzene rings is 1. The summed E-state index contributed by atoms with van der Waals surface area (Å²) in [6, 6.07) is 6.19. The minimum atomic E-state index is -3.85. The SMILES string of the molecule is COC(=O)C[C@H](NP(=O)(CO[C@H](C)Cn1cnc2c(N)ncnc21)OCc1ccccc1C)C(=O)OC. The van der Waals surface area contributed by atoms with Crippen molar-refractivity contribution in [3.05, 3.63) is 48.0 Å². The first-order chi connectivity index (χ1) is 17.7. The standard InChI is InChI=1S/C23H31N6O7P/c1-15-7-5-6-8-17(15)11-36-37(32,28-18(23(31)34-4)9-19(30)33-3)14-35-16(2)10-29-13-27-20-21(24)25-12-26-22(20)29/h5-8,12-13,16,18H,9-11,14H2,1-4H3,(H,28,32)(H2,24,25,26)/t16-,18+,37?/m1/s1. The fourth-order valence-corrected chi connectivity index (χ4v) is 5.15. The van der Waals surface area contributed by atoms with Crippen LogP contribution in [0.2, 0.25) is 0 Å². The van der Waals surface area contributed by atoms with Crippen LogP contribution < -0.4 is 10.8 Å². The van der Waals surface area contributed by atoms with Crippen molar-refractivity contribution in [3.63, 3.8) is 0 Å². The molecule has 3 N–H and O–H groups in total. The van der Waals surface area contributed by atoms with Gasteiger partial charge in [-0.3, -0.25) is 14.2 Å². The monoisotopic (exact) mass is 534 g/mol. The highest BCUT2D eigenvalue weighted by Gasteiger charge is 2.34. The van der Waals surface area contributed by atoms with Crippen LogP contribution in [0.5, 0.6) is 0 Å². The Hall–Kier alpha value is -3.38. The minimum Gasteiger partial charge on any atom is -0.469 e. The number of nitrogens with one attached hydrogen (secondary N) is 1. The van der Waals surface area contributed by atoms with Crippen LogP contribution in [-0.4, -0.2) is 64.2 Å². The number of carbonyl (C=O) groups is 2. The zero-order chi connectivity index (χ0) is 27.0. The van der Waals surface area contributed by atoms with Crippen LogP contribution in [0.1, 0.15) is 24.5 Å². The first-order valence-electron chi connectivity index (χ1n) is 11.4. The lowest BCUT2D eigenvalue weighted by Gasteiger charge is -2.25. The number of nitrogen functional groups attached to an aromatic ring is 1. The van der Waals surface area contributed by atoms with Crippen molar-refractivity contribution in [2.24, 2.45) is 0 Å². The molecule has 0 aliphatic carbocycles. The lowest BCUT2D eigenvalue weighted by molar-refractivity contribution is -0.149. The van der Waals surface area contributed by atoms with Crippen LogP contribution in [0.15, 0.2) is 36.9 Å². The molecule has 2 aromatic heterocycles. The normalized spacial score (nSPS) is 14.6. The second-order valence-electron chi connectivity index (χ2n) is 8.29. The summed E-state index contributed by atoms with van der Waals surface area (Å²) in [5, 5.41) is 2.66. The lowest BCUT2D eigenvalue weighted by atomic mass is 10.1. The van der Waals surface area contributed by atoms with Gasteiger partial charge in [-0.25, -0.2) is 20.0 Å². The zero-order valence-corrected chi connectivity index (χ0v) is 22.0. The minimum absolute atomic E-state index is 0.0108. The molecule has 1 aromatic carbocycles. The Morgan fingerprint density at radius 3 is 2.62 bits per heavy atom. The number of aromatic nitrogens is 4. The maximum absolute atomic E-state index is 13.9. The molecule has 200 valence electrons. The van der Waals surface area contributed by atoms with Gasteiger partial charge >= 0.3 is 11.9 Å². The fraction of sp³-hybridized carbons (Fsp3) is 0.435. The molecule has 13 nitrogen and oxygen atoms in total. The number of nitrogens with two attached hydrogens (primary N) is 1. The largest absolute Gasteiger partial charge is 0.469 e. The van der Waals surface area contributed by atoms with E-state index in [1.54, 1.807) is 17.8 Å². The molecule has 0 radical (unpaired) electrons. The predicted octanol–water partition coefficient (Wildman–Crippen LogP) is 2.18. The van der Waals surface area contributed by atoms with Crippen LogP contribution in [0.3, 0.4) is 0 Å². The average Bonchev–Trinajstić information content (AvgIpc) is 3.30. The van der Waals surface area contributed by atoms with Crippen molar-refractivity contribution < 1.29 is 32.9 Å². The molecule has 0 amide bonds. The van der Waals surface area contributed by atoms with Gasteiger partial charge in [0.2, 0.25) is 0 Å². The quantitative estimate of drug-likeness (QED) is 0.242. The summed E-state index contributed by atoms with van der Waals surface area (Å²) in [5.41, 5.74) is 8.59. The Balaban J connectivity index is 1.76. The fourth-order valence-electron chi connectivity index (χ4n) is 3.46. The van der Waals surface area contributed by atoms with Crippen molar-refractivity contribution in [3.8, 4) is 0 Å². The lowest BCUT2D eigenvalue weighted by Crippen LogP contribution is -2.39. The van der Waals surface area contributed by atoms with Gasteiger partial charge in [0.25, 0.3) is 7.52 Å². The number of anilines is 1. The Kier molecular flexibility index (Phi) is 9.70. The van der Waals surface area contributed by atoms with Gasteiger partial charge in [-0.05, 0) is 25.0 Å². The molecule has 0 spiro atoms. The van der Waals surface area contributed by atoms with Gasteiger partial charge in [-0.2, -0.15) is 0 Å². The molecule has 0 saturated carbocycles. The maximum atomic E-state index is 13.9. The number of esters is 2. The summed E-state index contributed by atoms with van der Waals surface area (Å²) in [5.74, 6) is -1.22. The number of ether oxygens (including phenoxy) is 3. The van der Waals surface area contributed by atoms with E-state index in [2.05, 4.69) is 24.8 Å². The van der Waals surface area contributed by atoms with E-state index in [9.17, 15) is 14.2 Å². The summed E-state index contributed by atoms with van der Waals surface area (Å²) < 4.78 is 36.7. The molecule has 3 aromatic rings. The number of carbonyl (C=O) groups excluding carboxylic acids is 2. The van der Waals surface area contributed by atoms with Crippen LogP contribution in [-0.2, 0) is 46.0 Å². The molecule has 3 rings (SSSR count). The molecule has 0 fully saturated rings. The number of aryl methyl sites for hydroxylation is 1. The van der Waals surface area contributed by atoms with Gasteiger partial charge in [0.15, 0.2) is 11.5 Å². The first-order valence-corrected chi connectivity index (χ1v) is 13.2. The maximum Gasteiger partial charge on any atom is 0.323 e. The van der Waals surface area contributed by atoms with E-state index in [-0.39, 0.29) is 12.4 Å². The van der Waals surface area contributed by atoms with E-state index in [1.807, 2.05) is 31.2 Å².